The zero-order valence-electron chi connectivity index (χ0n) is 23.0. The summed E-state index contributed by atoms with van der Waals surface area (Å²) in [5.41, 5.74) is 3.49. The summed E-state index contributed by atoms with van der Waals surface area (Å²) < 4.78 is 6.61. The summed E-state index contributed by atoms with van der Waals surface area (Å²) in [6, 6.07) is 25.1. The fourth-order valence-corrected chi connectivity index (χ4v) is 4.98. The predicted molar refractivity (Wildman–Crippen MR) is 154 cm³/mol. The zero-order chi connectivity index (χ0) is 27.8. The molecule has 2 N–H and O–H groups in total. The molecule has 3 aromatic rings. The Morgan fingerprint density at radius 1 is 1.08 bits per heavy atom. The van der Waals surface area contributed by atoms with Crippen LogP contribution < -0.4 is 10.1 Å². The maximum Gasteiger partial charge on any atom is 0.228 e. The van der Waals surface area contributed by atoms with Crippen molar-refractivity contribution in [1.29, 1.82) is 0 Å². The van der Waals surface area contributed by atoms with E-state index >= 15 is 0 Å². The van der Waals surface area contributed by atoms with Crippen LogP contribution in [-0.4, -0.2) is 65.6 Å². The fourth-order valence-electron chi connectivity index (χ4n) is 4.98. The number of hydrogen-bond acceptors (Lipinski definition) is 5. The van der Waals surface area contributed by atoms with Crippen molar-refractivity contribution in [3.63, 3.8) is 0 Å². The standard InChI is InChI=1S/C32H39N3O4/c1-23-19-35(24(2)22-36)32(38)18-27-17-28(33-31(37)16-25-10-6-4-7-11-25)14-15-29(27)39-30(23)21-34(3)20-26-12-8-5-9-13-26/h4-15,17,23-24,30,36H,16,18-22H2,1-3H3,(H,33,37)/t23-,24-,30-/m1/s1. The number of rotatable bonds is 9. The number of amides is 2. The van der Waals surface area contributed by atoms with Gasteiger partial charge in [0, 0.05) is 36.8 Å². The van der Waals surface area contributed by atoms with Gasteiger partial charge in [-0.3, -0.25) is 14.5 Å². The molecule has 0 saturated carbocycles. The van der Waals surface area contributed by atoms with Crippen LogP contribution in [0, 0.1) is 5.92 Å². The fraction of sp³-hybridized carbons (Fsp3) is 0.375. The second-order valence-corrected chi connectivity index (χ2v) is 10.6. The van der Waals surface area contributed by atoms with E-state index in [1.807, 2.05) is 73.7 Å². The van der Waals surface area contributed by atoms with E-state index in [1.54, 1.807) is 4.90 Å². The van der Waals surface area contributed by atoms with Gasteiger partial charge in [-0.25, -0.2) is 0 Å². The number of benzene rings is 3. The zero-order valence-corrected chi connectivity index (χ0v) is 23.0. The summed E-state index contributed by atoms with van der Waals surface area (Å²) in [5, 5.41) is 12.8. The smallest absolute Gasteiger partial charge is 0.228 e. The van der Waals surface area contributed by atoms with E-state index in [0.717, 1.165) is 17.7 Å². The lowest BCUT2D eigenvalue weighted by molar-refractivity contribution is -0.134. The highest BCUT2D eigenvalue weighted by atomic mass is 16.5. The third-order valence-corrected chi connectivity index (χ3v) is 7.19. The number of nitrogens with zero attached hydrogens (tertiary/aromatic N) is 2. The second kappa shape index (κ2) is 13.4. The van der Waals surface area contributed by atoms with Crippen LogP contribution in [0.3, 0.4) is 0 Å². The molecule has 7 heteroatoms. The Balaban J connectivity index is 1.56. The van der Waals surface area contributed by atoms with Crippen LogP contribution in [0.1, 0.15) is 30.5 Å². The van der Waals surface area contributed by atoms with Crippen molar-refractivity contribution >= 4 is 17.5 Å². The lowest BCUT2D eigenvalue weighted by Gasteiger charge is -2.34. The van der Waals surface area contributed by atoms with Crippen molar-refractivity contribution in [3.05, 3.63) is 95.6 Å². The summed E-state index contributed by atoms with van der Waals surface area (Å²) in [6.07, 6.45) is 0.208. The van der Waals surface area contributed by atoms with E-state index in [-0.39, 0.29) is 49.3 Å². The summed E-state index contributed by atoms with van der Waals surface area (Å²) in [5.74, 6) is 0.477. The van der Waals surface area contributed by atoms with Gasteiger partial charge in [-0.15, -0.1) is 0 Å². The Hall–Kier alpha value is -3.68. The summed E-state index contributed by atoms with van der Waals surface area (Å²) in [6.45, 7) is 5.78. The van der Waals surface area contributed by atoms with Crippen LogP contribution >= 0.6 is 0 Å². The van der Waals surface area contributed by atoms with E-state index in [1.165, 1.54) is 5.56 Å². The first-order valence-electron chi connectivity index (χ1n) is 13.6. The molecular weight excluding hydrogens is 490 g/mol. The van der Waals surface area contributed by atoms with Crippen molar-refractivity contribution in [2.45, 2.75) is 45.4 Å². The number of fused-ring (bicyclic) bond motifs is 1. The second-order valence-electron chi connectivity index (χ2n) is 10.6. The molecule has 1 heterocycles. The monoisotopic (exact) mass is 529 g/mol. The third kappa shape index (κ3) is 7.91. The van der Waals surface area contributed by atoms with Crippen molar-refractivity contribution in [2.24, 2.45) is 5.92 Å². The molecule has 0 aliphatic carbocycles. The van der Waals surface area contributed by atoms with Crippen LogP contribution in [0.15, 0.2) is 78.9 Å². The minimum Gasteiger partial charge on any atom is -0.488 e. The molecule has 0 saturated heterocycles. The molecular formula is C32H39N3O4. The molecule has 39 heavy (non-hydrogen) atoms. The Morgan fingerprint density at radius 2 is 1.74 bits per heavy atom. The number of carbonyl (C=O) groups is 2. The average Bonchev–Trinajstić information content (AvgIpc) is 2.97. The normalized spacial score (nSPS) is 18.4. The Bertz CT molecular complexity index is 1230. The predicted octanol–water partition coefficient (Wildman–Crippen LogP) is 4.15. The lowest BCUT2D eigenvalue weighted by Crippen LogP contribution is -2.47. The summed E-state index contributed by atoms with van der Waals surface area (Å²) >= 11 is 0. The largest absolute Gasteiger partial charge is 0.488 e. The van der Waals surface area contributed by atoms with Gasteiger partial charge in [0.1, 0.15) is 11.9 Å². The highest BCUT2D eigenvalue weighted by Gasteiger charge is 2.31. The first-order valence-corrected chi connectivity index (χ1v) is 13.6. The van der Waals surface area contributed by atoms with Gasteiger partial charge in [0.25, 0.3) is 0 Å². The van der Waals surface area contributed by atoms with Crippen LogP contribution in [-0.2, 0) is 29.0 Å². The molecule has 0 unspecified atom stereocenters. The van der Waals surface area contributed by atoms with Crippen LogP contribution in [0.2, 0.25) is 0 Å². The number of aliphatic hydroxyl groups excluding tert-OH is 1. The van der Waals surface area contributed by atoms with Gasteiger partial charge < -0.3 is 20.1 Å². The van der Waals surface area contributed by atoms with Gasteiger partial charge in [-0.05, 0) is 43.3 Å². The third-order valence-electron chi connectivity index (χ3n) is 7.19. The first-order chi connectivity index (χ1) is 18.8. The van der Waals surface area contributed by atoms with Crippen molar-refractivity contribution in [2.75, 3.05) is 32.1 Å². The van der Waals surface area contributed by atoms with Gasteiger partial charge >= 0.3 is 0 Å². The quantitative estimate of drug-likeness (QED) is 0.435. The number of aliphatic hydroxyl groups is 1. The van der Waals surface area contributed by atoms with Crippen LogP contribution in [0.5, 0.6) is 5.75 Å². The van der Waals surface area contributed by atoms with Gasteiger partial charge in [0.05, 0.1) is 25.5 Å². The molecule has 1 aliphatic rings. The average molecular weight is 530 g/mol. The molecule has 1 aliphatic heterocycles. The first kappa shape index (κ1) is 28.3. The van der Waals surface area contributed by atoms with Crippen molar-refractivity contribution < 1.29 is 19.4 Å². The van der Waals surface area contributed by atoms with Gasteiger partial charge in [0.15, 0.2) is 0 Å². The maximum absolute atomic E-state index is 13.4. The lowest BCUT2D eigenvalue weighted by atomic mass is 10.0. The highest BCUT2D eigenvalue weighted by Crippen LogP contribution is 2.29. The Labute approximate surface area is 231 Å². The minimum absolute atomic E-state index is 0.0253. The topological polar surface area (TPSA) is 82.1 Å². The Morgan fingerprint density at radius 3 is 2.41 bits per heavy atom. The molecule has 2 amide bonds. The summed E-state index contributed by atoms with van der Waals surface area (Å²) in [4.78, 5) is 30.1. The van der Waals surface area contributed by atoms with E-state index in [4.69, 9.17) is 4.74 Å². The van der Waals surface area contributed by atoms with E-state index in [2.05, 4.69) is 36.3 Å². The number of carbonyl (C=O) groups excluding carboxylic acids is 2. The van der Waals surface area contributed by atoms with E-state index < -0.39 is 0 Å². The van der Waals surface area contributed by atoms with Gasteiger partial charge in [0.2, 0.25) is 11.8 Å². The molecule has 0 radical (unpaired) electrons. The number of ether oxygens (including phenoxy) is 1. The Kier molecular flexibility index (Phi) is 9.74. The molecule has 7 nitrogen and oxygen atoms in total. The SMILES string of the molecule is C[C@@H]1CN([C@H](C)CO)C(=O)Cc2cc(NC(=O)Cc3ccccc3)ccc2O[C@@H]1CN(C)Cc1ccccc1. The maximum atomic E-state index is 13.4. The highest BCUT2D eigenvalue weighted by molar-refractivity contribution is 5.92. The van der Waals surface area contributed by atoms with Crippen molar-refractivity contribution in [3.8, 4) is 5.75 Å². The molecule has 0 bridgehead atoms. The molecule has 0 fully saturated rings. The molecule has 0 spiro atoms. The van der Waals surface area contributed by atoms with Crippen LogP contribution in [0.4, 0.5) is 5.69 Å². The number of hydrogen-bond donors (Lipinski definition) is 2. The van der Waals surface area contributed by atoms with E-state index in [0.29, 0.717) is 24.5 Å². The number of likely N-dealkylation sites (N-methyl/N-ethyl adjacent to an activating group) is 1. The molecule has 3 aromatic carbocycles. The number of anilines is 1. The minimum atomic E-state index is -0.307. The van der Waals surface area contributed by atoms with Gasteiger partial charge in [-0.1, -0.05) is 67.6 Å². The van der Waals surface area contributed by atoms with E-state index in [9.17, 15) is 14.7 Å². The molecule has 206 valence electrons. The molecule has 0 aromatic heterocycles. The van der Waals surface area contributed by atoms with Gasteiger partial charge in [-0.2, -0.15) is 0 Å². The van der Waals surface area contributed by atoms with Crippen molar-refractivity contribution in [1.82, 2.24) is 9.80 Å². The number of nitrogens with one attached hydrogen (secondary N) is 1. The summed E-state index contributed by atoms with van der Waals surface area (Å²) in [7, 11) is 2.07. The van der Waals surface area contributed by atoms with Crippen LogP contribution in [0.25, 0.3) is 0 Å². The molecule has 3 atom stereocenters. The molecule has 4 rings (SSSR count).